The Hall–Kier alpha value is -2.94. The number of carbonyl (C=O) groups excluding carboxylic acids is 2. The van der Waals surface area contributed by atoms with Crippen LogP contribution >= 0.6 is 0 Å². The minimum absolute atomic E-state index is 0.0508. The summed E-state index contributed by atoms with van der Waals surface area (Å²) in [6.07, 6.45) is 1.36. The number of para-hydroxylation sites is 1. The lowest BCUT2D eigenvalue weighted by molar-refractivity contribution is -0.116. The zero-order valence-corrected chi connectivity index (χ0v) is 18.7. The molecule has 2 N–H and O–H groups in total. The molecule has 7 nitrogen and oxygen atoms in total. The molecule has 0 spiro atoms. The van der Waals surface area contributed by atoms with Crippen LogP contribution < -0.4 is 14.9 Å². The van der Waals surface area contributed by atoms with Gasteiger partial charge in [0.1, 0.15) is 5.82 Å². The normalized spacial score (nSPS) is 11.3. The van der Waals surface area contributed by atoms with Gasteiger partial charge in [-0.2, -0.15) is 0 Å². The molecule has 9 heteroatoms. The minimum atomic E-state index is -3.59. The van der Waals surface area contributed by atoms with Crippen molar-refractivity contribution in [1.29, 1.82) is 0 Å². The molecule has 2 aromatic carbocycles. The minimum Gasteiger partial charge on any atom is -0.352 e. The number of sulfonamides is 1. The summed E-state index contributed by atoms with van der Waals surface area (Å²) >= 11 is 0. The number of hydrogen-bond acceptors (Lipinski definition) is 4. The van der Waals surface area contributed by atoms with Crippen LogP contribution in [0.5, 0.6) is 0 Å². The molecule has 0 heterocycles. The van der Waals surface area contributed by atoms with Crippen molar-refractivity contribution >= 4 is 33.2 Å². The Balaban J connectivity index is 1.99. The first kappa shape index (κ1) is 24.3. The van der Waals surface area contributed by atoms with E-state index in [4.69, 9.17) is 0 Å². The van der Waals surface area contributed by atoms with Crippen molar-refractivity contribution < 1.29 is 22.4 Å². The number of hydrogen-bond donors (Lipinski definition) is 2. The highest BCUT2D eigenvalue weighted by atomic mass is 32.2. The smallest absolute Gasteiger partial charge is 0.253 e. The summed E-state index contributed by atoms with van der Waals surface area (Å²) in [5.74, 6) is -0.780. The van der Waals surface area contributed by atoms with E-state index in [-0.39, 0.29) is 31.2 Å². The van der Waals surface area contributed by atoms with Crippen molar-refractivity contribution in [3.05, 3.63) is 59.9 Å². The Labute approximate surface area is 182 Å². The molecule has 0 atom stereocenters. The highest BCUT2D eigenvalue weighted by Gasteiger charge is 2.18. The fourth-order valence-electron chi connectivity index (χ4n) is 2.87. The summed E-state index contributed by atoms with van der Waals surface area (Å²) in [7, 11) is -3.59. The van der Waals surface area contributed by atoms with E-state index in [1.807, 2.05) is 13.8 Å². The predicted molar refractivity (Wildman–Crippen MR) is 120 cm³/mol. The van der Waals surface area contributed by atoms with Gasteiger partial charge in [-0.05, 0) is 48.7 Å². The molecule has 2 rings (SSSR count). The van der Waals surface area contributed by atoms with Crippen molar-refractivity contribution in [2.24, 2.45) is 5.92 Å². The molecular formula is C22H28FN3O4S. The summed E-state index contributed by atoms with van der Waals surface area (Å²) in [5.41, 5.74) is 1.09. The van der Waals surface area contributed by atoms with E-state index in [9.17, 15) is 22.4 Å². The molecule has 31 heavy (non-hydrogen) atoms. The summed E-state index contributed by atoms with van der Waals surface area (Å²) in [4.78, 5) is 24.8. The first-order chi connectivity index (χ1) is 14.6. The molecule has 2 aromatic rings. The van der Waals surface area contributed by atoms with Crippen LogP contribution in [0.3, 0.4) is 0 Å². The van der Waals surface area contributed by atoms with Gasteiger partial charge in [0.05, 0.1) is 23.2 Å². The van der Waals surface area contributed by atoms with Crippen LogP contribution in [0.15, 0.2) is 48.5 Å². The Morgan fingerprint density at radius 2 is 1.71 bits per heavy atom. The molecule has 0 saturated carbocycles. The van der Waals surface area contributed by atoms with Crippen LogP contribution in [-0.4, -0.2) is 39.6 Å². The van der Waals surface area contributed by atoms with Gasteiger partial charge in [-0.3, -0.25) is 13.9 Å². The van der Waals surface area contributed by atoms with E-state index >= 15 is 0 Å². The van der Waals surface area contributed by atoms with Gasteiger partial charge in [-0.15, -0.1) is 0 Å². The summed E-state index contributed by atoms with van der Waals surface area (Å²) in [6.45, 7) is 4.56. The van der Waals surface area contributed by atoms with Gasteiger partial charge in [0.25, 0.3) is 5.91 Å². The first-order valence-electron chi connectivity index (χ1n) is 9.98. The SMILES string of the molecule is CC(C)CNC(=O)c1ccccc1NC(=O)CCCN(c1ccc(F)cc1)S(C)(=O)=O. The number of nitrogens with one attached hydrogen (secondary N) is 2. The highest BCUT2D eigenvalue weighted by molar-refractivity contribution is 7.92. The molecule has 0 unspecified atom stereocenters. The van der Waals surface area contributed by atoms with Crippen LogP contribution in [-0.2, 0) is 14.8 Å². The van der Waals surface area contributed by atoms with Crippen LogP contribution in [0, 0.1) is 11.7 Å². The van der Waals surface area contributed by atoms with Crippen LogP contribution in [0.2, 0.25) is 0 Å². The van der Waals surface area contributed by atoms with Gasteiger partial charge in [-0.25, -0.2) is 12.8 Å². The molecule has 0 aliphatic carbocycles. The van der Waals surface area contributed by atoms with Gasteiger partial charge < -0.3 is 10.6 Å². The monoisotopic (exact) mass is 449 g/mol. The van der Waals surface area contributed by atoms with Crippen molar-refractivity contribution in [3.63, 3.8) is 0 Å². The molecule has 2 amide bonds. The summed E-state index contributed by atoms with van der Waals surface area (Å²) < 4.78 is 38.5. The van der Waals surface area contributed by atoms with Gasteiger partial charge in [0.2, 0.25) is 15.9 Å². The number of benzene rings is 2. The lowest BCUT2D eigenvalue weighted by Gasteiger charge is -2.22. The Morgan fingerprint density at radius 1 is 1.06 bits per heavy atom. The molecule has 0 fully saturated rings. The maximum absolute atomic E-state index is 13.1. The largest absolute Gasteiger partial charge is 0.352 e. The second kappa shape index (κ2) is 10.9. The van der Waals surface area contributed by atoms with Crippen molar-refractivity contribution in [1.82, 2.24) is 5.32 Å². The van der Waals surface area contributed by atoms with Gasteiger partial charge in [-0.1, -0.05) is 26.0 Å². The molecule has 0 aliphatic rings. The number of halogens is 1. The van der Waals surface area contributed by atoms with Crippen molar-refractivity contribution in [3.8, 4) is 0 Å². The lowest BCUT2D eigenvalue weighted by atomic mass is 10.1. The zero-order valence-electron chi connectivity index (χ0n) is 17.9. The van der Waals surface area contributed by atoms with Crippen molar-refractivity contribution in [2.45, 2.75) is 26.7 Å². The van der Waals surface area contributed by atoms with E-state index in [0.717, 1.165) is 10.6 Å². The first-order valence-corrected chi connectivity index (χ1v) is 11.8. The molecular weight excluding hydrogens is 421 g/mol. The second-order valence-electron chi connectivity index (χ2n) is 7.61. The molecule has 0 saturated heterocycles. The van der Waals surface area contributed by atoms with Crippen LogP contribution in [0.1, 0.15) is 37.0 Å². The van der Waals surface area contributed by atoms with E-state index in [0.29, 0.717) is 29.4 Å². The van der Waals surface area contributed by atoms with E-state index < -0.39 is 15.8 Å². The third kappa shape index (κ3) is 7.67. The molecule has 0 radical (unpaired) electrons. The lowest BCUT2D eigenvalue weighted by Crippen LogP contribution is -2.31. The van der Waals surface area contributed by atoms with E-state index in [1.165, 1.54) is 24.3 Å². The van der Waals surface area contributed by atoms with Gasteiger partial charge in [0.15, 0.2) is 0 Å². The van der Waals surface area contributed by atoms with Gasteiger partial charge >= 0.3 is 0 Å². The molecule has 0 aliphatic heterocycles. The van der Waals surface area contributed by atoms with E-state index in [1.54, 1.807) is 24.3 Å². The quantitative estimate of drug-likeness (QED) is 0.581. The zero-order chi connectivity index (χ0) is 23.0. The second-order valence-corrected chi connectivity index (χ2v) is 9.52. The summed E-state index contributed by atoms with van der Waals surface area (Å²) in [6, 6.07) is 11.8. The third-order valence-corrected chi connectivity index (χ3v) is 5.59. The standard InChI is InChI=1S/C22H28FN3O4S/c1-16(2)15-24-22(28)19-7-4-5-8-20(19)25-21(27)9-6-14-26(31(3,29)30)18-12-10-17(23)11-13-18/h4-5,7-8,10-13,16H,6,9,14-15H2,1-3H3,(H,24,28)(H,25,27). The average Bonchev–Trinajstić information content (AvgIpc) is 2.70. The Morgan fingerprint density at radius 3 is 2.32 bits per heavy atom. The molecule has 0 bridgehead atoms. The maximum Gasteiger partial charge on any atom is 0.253 e. The number of anilines is 2. The van der Waals surface area contributed by atoms with Crippen LogP contribution in [0.4, 0.5) is 15.8 Å². The van der Waals surface area contributed by atoms with E-state index in [2.05, 4.69) is 10.6 Å². The van der Waals surface area contributed by atoms with Crippen molar-refractivity contribution in [2.75, 3.05) is 29.0 Å². The number of carbonyl (C=O) groups is 2. The number of amides is 2. The number of nitrogens with zero attached hydrogens (tertiary/aromatic N) is 1. The highest BCUT2D eigenvalue weighted by Crippen LogP contribution is 2.19. The van der Waals surface area contributed by atoms with Crippen LogP contribution in [0.25, 0.3) is 0 Å². The third-order valence-electron chi connectivity index (χ3n) is 4.40. The molecule has 0 aromatic heterocycles. The molecule has 168 valence electrons. The Bertz CT molecular complexity index is 1010. The summed E-state index contributed by atoms with van der Waals surface area (Å²) in [5, 5.41) is 5.54. The number of rotatable bonds is 10. The fraction of sp³-hybridized carbons (Fsp3) is 0.364. The maximum atomic E-state index is 13.1. The Kier molecular flexibility index (Phi) is 8.56. The topological polar surface area (TPSA) is 95.6 Å². The average molecular weight is 450 g/mol. The van der Waals surface area contributed by atoms with Gasteiger partial charge in [0, 0.05) is 19.5 Å². The fourth-order valence-corrected chi connectivity index (χ4v) is 3.84. The predicted octanol–water partition coefficient (Wildman–Crippen LogP) is 3.40.